The van der Waals surface area contributed by atoms with Crippen molar-refractivity contribution >= 4 is 23.1 Å². The maximum atomic E-state index is 12.0. The van der Waals surface area contributed by atoms with Crippen LogP contribution in [0.5, 0.6) is 0 Å². The van der Waals surface area contributed by atoms with Crippen LogP contribution in [0.15, 0.2) is 36.4 Å². The zero-order chi connectivity index (χ0) is 17.9. The molecule has 0 spiro atoms. The highest BCUT2D eigenvalue weighted by Crippen LogP contribution is 2.36. The summed E-state index contributed by atoms with van der Waals surface area (Å²) in [6, 6.07) is 10.7. The Morgan fingerprint density at radius 1 is 0.600 bits per heavy atom. The molecule has 124 valence electrons. The van der Waals surface area contributed by atoms with Crippen LogP contribution in [0, 0.1) is 0 Å². The molecule has 0 heterocycles. The van der Waals surface area contributed by atoms with Crippen LogP contribution in [-0.4, -0.2) is 23.1 Å². The van der Waals surface area contributed by atoms with Gasteiger partial charge in [0.25, 0.3) is 0 Å². The number of hydrogen-bond donors (Lipinski definition) is 0. The van der Waals surface area contributed by atoms with Crippen LogP contribution < -0.4 is 0 Å². The van der Waals surface area contributed by atoms with Gasteiger partial charge in [-0.15, -0.1) is 0 Å². The van der Waals surface area contributed by atoms with Crippen molar-refractivity contribution in [2.45, 2.75) is 32.1 Å². The lowest BCUT2D eigenvalue weighted by Gasteiger charge is -2.27. The predicted octanol–water partition coefficient (Wildman–Crippen LogP) is 3.55. The minimum atomic E-state index is -0.470. The molecule has 2 aromatic carbocycles. The number of fused-ring (bicyclic) bond motifs is 2. The van der Waals surface area contributed by atoms with Crippen LogP contribution in [0.3, 0.4) is 0 Å². The van der Waals surface area contributed by atoms with Gasteiger partial charge in [0.1, 0.15) is 0 Å². The van der Waals surface area contributed by atoms with E-state index in [0.29, 0.717) is 22.3 Å². The third-order valence-corrected chi connectivity index (χ3v) is 5.33. The van der Waals surface area contributed by atoms with Gasteiger partial charge in [0, 0.05) is 27.7 Å². The molecule has 0 aromatic heterocycles. The summed E-state index contributed by atoms with van der Waals surface area (Å²) in [4.78, 5) is 47.7. The molecule has 0 amide bonds. The van der Waals surface area contributed by atoms with E-state index < -0.39 is 5.41 Å². The Hall–Kier alpha value is -2.88. The molecular formula is C21H16O4. The van der Waals surface area contributed by atoms with Crippen molar-refractivity contribution in [3.05, 3.63) is 69.8 Å². The Morgan fingerprint density at radius 3 is 1.36 bits per heavy atom. The van der Waals surface area contributed by atoms with Gasteiger partial charge in [-0.25, -0.2) is 0 Å². The van der Waals surface area contributed by atoms with Gasteiger partial charge < -0.3 is 0 Å². The first-order chi connectivity index (χ1) is 11.8. The highest BCUT2D eigenvalue weighted by Gasteiger charge is 2.33. The minimum absolute atomic E-state index is 0.0608. The number of benzene rings is 2. The Morgan fingerprint density at radius 2 is 0.960 bits per heavy atom. The van der Waals surface area contributed by atoms with Crippen molar-refractivity contribution in [2.75, 3.05) is 0 Å². The van der Waals surface area contributed by atoms with E-state index in [2.05, 4.69) is 0 Å². The van der Waals surface area contributed by atoms with E-state index in [9.17, 15) is 19.2 Å². The summed E-state index contributed by atoms with van der Waals surface area (Å²) in [5.41, 5.74) is 3.24. The van der Waals surface area contributed by atoms with E-state index in [1.165, 1.54) is 0 Å². The van der Waals surface area contributed by atoms with Crippen LogP contribution in [-0.2, 0) is 5.41 Å². The summed E-state index contributed by atoms with van der Waals surface area (Å²) in [6.45, 7) is 4.00. The number of hydrogen-bond acceptors (Lipinski definition) is 4. The van der Waals surface area contributed by atoms with Crippen molar-refractivity contribution in [3.8, 4) is 0 Å². The molecule has 2 aliphatic rings. The highest BCUT2D eigenvalue weighted by molar-refractivity contribution is 6.25. The van der Waals surface area contributed by atoms with Gasteiger partial charge in [-0.1, -0.05) is 38.1 Å². The summed E-state index contributed by atoms with van der Waals surface area (Å²) >= 11 is 0. The van der Waals surface area contributed by atoms with E-state index in [0.717, 1.165) is 11.1 Å². The standard InChI is InChI=1S/C21H16O4/c1-21(2,11-3-5-13-15(7-11)19(24)9-17(13)22)12-4-6-14-16(8-12)20(25)10-18(14)23/h3-8H,9-10H2,1-2H3. The zero-order valence-electron chi connectivity index (χ0n) is 14.0. The lowest BCUT2D eigenvalue weighted by Crippen LogP contribution is -2.20. The lowest BCUT2D eigenvalue weighted by atomic mass is 9.76. The molecule has 4 rings (SSSR count). The molecule has 0 aliphatic heterocycles. The fraction of sp³-hybridized carbons (Fsp3) is 0.238. The molecule has 0 atom stereocenters. The van der Waals surface area contributed by atoms with Crippen molar-refractivity contribution in [1.29, 1.82) is 0 Å². The zero-order valence-corrected chi connectivity index (χ0v) is 14.0. The quantitative estimate of drug-likeness (QED) is 0.789. The average molecular weight is 332 g/mol. The molecule has 0 unspecified atom stereocenters. The van der Waals surface area contributed by atoms with Gasteiger partial charge in [0.2, 0.25) is 0 Å². The first-order valence-corrected chi connectivity index (χ1v) is 8.21. The van der Waals surface area contributed by atoms with E-state index >= 15 is 0 Å². The Balaban J connectivity index is 1.81. The smallest absolute Gasteiger partial charge is 0.171 e. The third-order valence-electron chi connectivity index (χ3n) is 5.33. The Kier molecular flexibility index (Phi) is 3.16. The fourth-order valence-corrected chi connectivity index (χ4v) is 3.65. The van der Waals surface area contributed by atoms with Gasteiger partial charge in [0.15, 0.2) is 23.1 Å². The molecule has 0 fully saturated rings. The van der Waals surface area contributed by atoms with E-state index in [4.69, 9.17) is 0 Å². The van der Waals surface area contributed by atoms with Gasteiger partial charge >= 0.3 is 0 Å². The average Bonchev–Trinajstić information content (AvgIpc) is 3.03. The predicted molar refractivity (Wildman–Crippen MR) is 91.6 cm³/mol. The van der Waals surface area contributed by atoms with Gasteiger partial charge in [-0.3, -0.25) is 19.2 Å². The maximum Gasteiger partial charge on any atom is 0.171 e. The second kappa shape index (κ2) is 5.06. The molecule has 25 heavy (non-hydrogen) atoms. The van der Waals surface area contributed by atoms with Crippen molar-refractivity contribution in [3.63, 3.8) is 0 Å². The summed E-state index contributed by atoms with van der Waals surface area (Å²) in [6.07, 6.45) is -0.122. The number of rotatable bonds is 2. The minimum Gasteiger partial charge on any atom is -0.294 e. The molecule has 2 aliphatic carbocycles. The van der Waals surface area contributed by atoms with Crippen LogP contribution in [0.4, 0.5) is 0 Å². The molecule has 0 radical (unpaired) electrons. The van der Waals surface area contributed by atoms with Crippen LogP contribution in [0.1, 0.15) is 79.2 Å². The molecule has 4 nitrogen and oxygen atoms in total. The second-order valence-electron chi connectivity index (χ2n) is 7.19. The summed E-state index contributed by atoms with van der Waals surface area (Å²) in [5.74, 6) is -0.559. The van der Waals surface area contributed by atoms with E-state index in [1.807, 2.05) is 26.0 Å². The Bertz CT molecular complexity index is 915. The molecule has 4 heteroatoms. The molecule has 0 saturated heterocycles. The van der Waals surface area contributed by atoms with Crippen LogP contribution in [0.2, 0.25) is 0 Å². The first kappa shape index (κ1) is 15.6. The van der Waals surface area contributed by atoms with Gasteiger partial charge in [-0.2, -0.15) is 0 Å². The maximum absolute atomic E-state index is 12.0. The highest BCUT2D eigenvalue weighted by atomic mass is 16.2. The molecule has 0 saturated carbocycles. The van der Waals surface area contributed by atoms with Gasteiger partial charge in [-0.05, 0) is 23.3 Å². The SMILES string of the molecule is CC(C)(c1ccc2c(c1)C(=O)CC2=O)c1ccc2c(c1)C(=O)CC2=O. The van der Waals surface area contributed by atoms with Crippen molar-refractivity contribution in [2.24, 2.45) is 0 Å². The Labute approximate surface area is 144 Å². The van der Waals surface area contributed by atoms with Crippen molar-refractivity contribution < 1.29 is 19.2 Å². The monoisotopic (exact) mass is 332 g/mol. The molecular weight excluding hydrogens is 316 g/mol. The van der Waals surface area contributed by atoms with Crippen molar-refractivity contribution in [1.82, 2.24) is 0 Å². The topological polar surface area (TPSA) is 68.3 Å². The summed E-state index contributed by atoms with van der Waals surface area (Å²) in [7, 11) is 0. The molecule has 0 N–H and O–H groups in total. The largest absolute Gasteiger partial charge is 0.294 e. The normalized spacial score (nSPS) is 16.4. The number of Topliss-reactive ketones (excluding diaryl/α,β-unsaturated/α-hetero) is 4. The molecule has 2 aromatic rings. The van der Waals surface area contributed by atoms with E-state index in [1.54, 1.807) is 24.3 Å². The van der Waals surface area contributed by atoms with E-state index in [-0.39, 0.29) is 36.0 Å². The lowest BCUT2D eigenvalue weighted by molar-refractivity contribution is 0.0906. The summed E-state index contributed by atoms with van der Waals surface area (Å²) in [5, 5.41) is 0. The van der Waals surface area contributed by atoms with Gasteiger partial charge in [0.05, 0.1) is 12.8 Å². The molecule has 0 bridgehead atoms. The summed E-state index contributed by atoms with van der Waals surface area (Å²) < 4.78 is 0. The van der Waals surface area contributed by atoms with Crippen LogP contribution in [0.25, 0.3) is 0 Å². The second-order valence-corrected chi connectivity index (χ2v) is 7.19. The number of carbonyl (C=O) groups is 4. The number of carbonyl (C=O) groups excluding carboxylic acids is 4. The third kappa shape index (κ3) is 2.21. The first-order valence-electron chi connectivity index (χ1n) is 8.21. The fourth-order valence-electron chi connectivity index (χ4n) is 3.65. The number of ketones is 4. The van der Waals surface area contributed by atoms with Crippen LogP contribution >= 0.6 is 0 Å².